The van der Waals surface area contributed by atoms with Gasteiger partial charge in [-0.3, -0.25) is 4.79 Å². The zero-order valence-corrected chi connectivity index (χ0v) is 16.1. The lowest BCUT2D eigenvalue weighted by Gasteiger charge is -2.06. The zero-order valence-electron chi connectivity index (χ0n) is 15.3. The van der Waals surface area contributed by atoms with Crippen molar-refractivity contribution in [3.63, 3.8) is 0 Å². The molecule has 0 unspecified atom stereocenters. The summed E-state index contributed by atoms with van der Waals surface area (Å²) >= 11 is 1.69. The number of aromatic nitrogens is 1. The summed E-state index contributed by atoms with van der Waals surface area (Å²) in [7, 11) is 0. The van der Waals surface area contributed by atoms with Crippen LogP contribution in [0, 0.1) is 6.92 Å². The molecule has 0 fully saturated rings. The zero-order chi connectivity index (χ0) is 18.8. The second-order valence-corrected chi connectivity index (χ2v) is 7.60. The molecule has 3 aromatic carbocycles. The van der Waals surface area contributed by atoms with Crippen molar-refractivity contribution in [1.82, 2.24) is 4.98 Å². The van der Waals surface area contributed by atoms with Gasteiger partial charge < -0.3 is 5.32 Å². The number of nitrogens with one attached hydrogen (secondary N) is 1. The molecule has 0 atom stereocenters. The maximum absolute atomic E-state index is 12.4. The van der Waals surface area contributed by atoms with Crippen molar-refractivity contribution in [3.8, 4) is 10.6 Å². The maximum Gasteiger partial charge on any atom is 0.255 e. The van der Waals surface area contributed by atoms with Crippen LogP contribution in [0.5, 0.6) is 0 Å². The molecule has 0 saturated heterocycles. The molecule has 27 heavy (non-hydrogen) atoms. The van der Waals surface area contributed by atoms with Gasteiger partial charge in [-0.25, -0.2) is 4.98 Å². The largest absolute Gasteiger partial charge is 0.322 e. The first-order valence-corrected chi connectivity index (χ1v) is 9.82. The number of hydrogen-bond donors (Lipinski definition) is 1. The van der Waals surface area contributed by atoms with Crippen molar-refractivity contribution < 1.29 is 4.79 Å². The molecule has 0 spiro atoms. The van der Waals surface area contributed by atoms with Gasteiger partial charge in [0.15, 0.2) is 0 Å². The smallest absolute Gasteiger partial charge is 0.255 e. The summed E-state index contributed by atoms with van der Waals surface area (Å²) < 4.78 is 1.19. The molecule has 0 aliphatic rings. The molecule has 1 heterocycles. The van der Waals surface area contributed by atoms with E-state index < -0.39 is 0 Å². The molecule has 3 nitrogen and oxygen atoms in total. The average molecular weight is 372 g/mol. The molecule has 0 bridgehead atoms. The second kappa shape index (κ2) is 7.33. The molecule has 0 aliphatic heterocycles. The maximum atomic E-state index is 12.4. The predicted octanol–water partition coefficient (Wildman–Crippen LogP) is 6.09. The van der Waals surface area contributed by atoms with Gasteiger partial charge in [0.1, 0.15) is 5.01 Å². The fourth-order valence-electron chi connectivity index (χ4n) is 2.95. The van der Waals surface area contributed by atoms with Crippen LogP contribution in [0.25, 0.3) is 20.8 Å². The minimum absolute atomic E-state index is 0.0964. The van der Waals surface area contributed by atoms with Crippen LogP contribution < -0.4 is 5.32 Å². The lowest BCUT2D eigenvalue weighted by atomic mass is 10.1. The number of benzene rings is 3. The third kappa shape index (κ3) is 3.76. The van der Waals surface area contributed by atoms with E-state index in [0.29, 0.717) is 5.56 Å². The molecular weight excluding hydrogens is 352 g/mol. The summed E-state index contributed by atoms with van der Waals surface area (Å²) in [6, 6.07) is 21.9. The van der Waals surface area contributed by atoms with Gasteiger partial charge in [-0.1, -0.05) is 25.1 Å². The molecule has 134 valence electrons. The Balaban J connectivity index is 1.51. The van der Waals surface area contributed by atoms with E-state index in [-0.39, 0.29) is 5.91 Å². The van der Waals surface area contributed by atoms with Gasteiger partial charge in [0, 0.05) is 16.8 Å². The average Bonchev–Trinajstić information content (AvgIpc) is 3.11. The van der Waals surface area contributed by atoms with Crippen molar-refractivity contribution >= 4 is 33.1 Å². The Hall–Kier alpha value is -2.98. The molecule has 0 aliphatic carbocycles. The van der Waals surface area contributed by atoms with E-state index in [4.69, 9.17) is 4.98 Å². The van der Waals surface area contributed by atoms with Crippen molar-refractivity contribution in [2.45, 2.75) is 20.3 Å². The van der Waals surface area contributed by atoms with Crippen LogP contribution in [-0.4, -0.2) is 10.9 Å². The van der Waals surface area contributed by atoms with E-state index >= 15 is 0 Å². The minimum Gasteiger partial charge on any atom is -0.322 e. The summed E-state index contributed by atoms with van der Waals surface area (Å²) in [4.78, 5) is 17.1. The van der Waals surface area contributed by atoms with E-state index in [1.807, 2.05) is 48.5 Å². The third-order valence-corrected chi connectivity index (χ3v) is 5.63. The van der Waals surface area contributed by atoms with Crippen LogP contribution >= 0.6 is 11.3 Å². The highest BCUT2D eigenvalue weighted by atomic mass is 32.1. The molecule has 1 aromatic heterocycles. The molecule has 4 aromatic rings. The first kappa shape index (κ1) is 17.4. The number of nitrogens with zero attached hydrogens (tertiary/aromatic N) is 1. The van der Waals surface area contributed by atoms with Crippen molar-refractivity contribution in [2.24, 2.45) is 0 Å². The second-order valence-electron chi connectivity index (χ2n) is 6.57. The Morgan fingerprint density at radius 2 is 1.74 bits per heavy atom. The third-order valence-electron chi connectivity index (χ3n) is 4.56. The number of fused-ring (bicyclic) bond motifs is 1. The van der Waals surface area contributed by atoms with Crippen LogP contribution in [0.3, 0.4) is 0 Å². The van der Waals surface area contributed by atoms with E-state index in [9.17, 15) is 4.79 Å². The monoisotopic (exact) mass is 372 g/mol. The highest BCUT2D eigenvalue weighted by molar-refractivity contribution is 7.21. The number of rotatable bonds is 4. The van der Waals surface area contributed by atoms with E-state index in [1.54, 1.807) is 11.3 Å². The van der Waals surface area contributed by atoms with Crippen LogP contribution in [0.1, 0.15) is 28.4 Å². The summed E-state index contributed by atoms with van der Waals surface area (Å²) in [5, 5.41) is 3.94. The number of anilines is 1. The summed E-state index contributed by atoms with van der Waals surface area (Å²) in [6.45, 7) is 4.19. The van der Waals surface area contributed by atoms with Gasteiger partial charge in [0.05, 0.1) is 10.2 Å². The summed E-state index contributed by atoms with van der Waals surface area (Å²) in [5.74, 6) is -0.0964. The van der Waals surface area contributed by atoms with Gasteiger partial charge in [0.25, 0.3) is 5.91 Å². The normalized spacial score (nSPS) is 10.9. The van der Waals surface area contributed by atoms with Gasteiger partial charge >= 0.3 is 0 Å². The molecule has 1 N–H and O–H groups in total. The fourth-order valence-corrected chi connectivity index (χ4v) is 4.02. The lowest BCUT2D eigenvalue weighted by Crippen LogP contribution is -2.11. The van der Waals surface area contributed by atoms with Crippen molar-refractivity contribution in [2.75, 3.05) is 5.32 Å². The number of amides is 1. The van der Waals surface area contributed by atoms with Crippen molar-refractivity contribution in [3.05, 3.63) is 83.4 Å². The lowest BCUT2D eigenvalue weighted by molar-refractivity contribution is 0.102. The Kier molecular flexibility index (Phi) is 4.73. The quantitative estimate of drug-likeness (QED) is 0.471. The highest BCUT2D eigenvalue weighted by Crippen LogP contribution is 2.31. The Morgan fingerprint density at radius 1 is 1.00 bits per heavy atom. The van der Waals surface area contributed by atoms with Crippen LogP contribution in [-0.2, 0) is 6.42 Å². The van der Waals surface area contributed by atoms with E-state index in [0.717, 1.165) is 28.2 Å². The molecule has 4 heteroatoms. The Morgan fingerprint density at radius 3 is 2.44 bits per heavy atom. The van der Waals surface area contributed by atoms with Gasteiger partial charge in [-0.2, -0.15) is 0 Å². The molecule has 1 amide bonds. The number of aryl methyl sites for hydroxylation is 2. The first-order valence-electron chi connectivity index (χ1n) is 9.00. The number of hydrogen-bond acceptors (Lipinski definition) is 3. The Bertz CT molecular complexity index is 1100. The van der Waals surface area contributed by atoms with Crippen molar-refractivity contribution in [1.29, 1.82) is 0 Å². The minimum atomic E-state index is -0.0964. The Labute approximate surface area is 162 Å². The fraction of sp³-hybridized carbons (Fsp3) is 0.130. The SMILES string of the molecule is CCc1ccc(C(=O)Nc2ccc(-c3nc4ccc(C)cc4s3)cc2)cc1. The predicted molar refractivity (Wildman–Crippen MR) is 114 cm³/mol. The highest BCUT2D eigenvalue weighted by Gasteiger charge is 2.09. The van der Waals surface area contributed by atoms with E-state index in [1.165, 1.54) is 15.8 Å². The van der Waals surface area contributed by atoms with Gasteiger partial charge in [0.2, 0.25) is 0 Å². The van der Waals surface area contributed by atoms with Crippen LogP contribution in [0.2, 0.25) is 0 Å². The van der Waals surface area contributed by atoms with Gasteiger partial charge in [-0.05, 0) is 73.0 Å². The number of carbonyl (C=O) groups is 1. The van der Waals surface area contributed by atoms with Gasteiger partial charge in [-0.15, -0.1) is 11.3 Å². The number of carbonyl (C=O) groups excluding carboxylic acids is 1. The topological polar surface area (TPSA) is 42.0 Å². The summed E-state index contributed by atoms with van der Waals surface area (Å²) in [6.07, 6.45) is 0.967. The molecule has 4 rings (SSSR count). The first-order chi connectivity index (χ1) is 13.1. The molecule has 0 radical (unpaired) electrons. The number of thiazole rings is 1. The summed E-state index contributed by atoms with van der Waals surface area (Å²) in [5.41, 5.74) is 5.98. The standard InChI is InChI=1S/C23H20N2OS/c1-3-16-5-7-17(8-6-16)22(26)24-19-11-9-18(10-12-19)23-25-20-13-4-15(2)14-21(20)27-23/h4-14H,3H2,1-2H3,(H,24,26). The molecule has 0 saturated carbocycles. The molecular formula is C23H20N2OS. The van der Waals surface area contributed by atoms with Crippen LogP contribution in [0.4, 0.5) is 5.69 Å². The van der Waals surface area contributed by atoms with E-state index in [2.05, 4.69) is 37.4 Å². The van der Waals surface area contributed by atoms with Crippen LogP contribution in [0.15, 0.2) is 66.7 Å².